The fourth-order valence-corrected chi connectivity index (χ4v) is 2.72. The SMILES string of the molecule is O=C(CNS(=O)(=O)c1cnccc1Cl)NC1CC1. The molecular formula is C10H12ClN3O3S. The molecule has 1 aromatic rings. The summed E-state index contributed by atoms with van der Waals surface area (Å²) in [6.45, 7) is -0.302. The van der Waals surface area contributed by atoms with Gasteiger partial charge in [-0.05, 0) is 18.9 Å². The van der Waals surface area contributed by atoms with Crippen molar-refractivity contribution in [3.63, 3.8) is 0 Å². The van der Waals surface area contributed by atoms with Gasteiger partial charge < -0.3 is 5.32 Å². The van der Waals surface area contributed by atoms with Crippen LogP contribution in [0.1, 0.15) is 12.8 Å². The van der Waals surface area contributed by atoms with E-state index >= 15 is 0 Å². The molecule has 1 aliphatic carbocycles. The molecular weight excluding hydrogens is 278 g/mol. The topological polar surface area (TPSA) is 88.2 Å². The lowest BCUT2D eigenvalue weighted by Gasteiger charge is -2.07. The molecule has 0 radical (unpaired) electrons. The molecule has 6 nitrogen and oxygen atoms in total. The van der Waals surface area contributed by atoms with Gasteiger partial charge in [0.1, 0.15) is 4.90 Å². The fourth-order valence-electron chi connectivity index (χ4n) is 1.31. The highest BCUT2D eigenvalue weighted by atomic mass is 35.5. The summed E-state index contributed by atoms with van der Waals surface area (Å²) in [5.41, 5.74) is 0. The third-order valence-electron chi connectivity index (χ3n) is 2.39. The fraction of sp³-hybridized carbons (Fsp3) is 0.400. The number of pyridine rings is 1. The van der Waals surface area contributed by atoms with Crippen LogP contribution in [0.4, 0.5) is 0 Å². The van der Waals surface area contributed by atoms with Crippen LogP contribution in [0, 0.1) is 0 Å². The molecule has 8 heteroatoms. The van der Waals surface area contributed by atoms with Crippen LogP contribution in [0.15, 0.2) is 23.4 Å². The number of carbonyl (C=O) groups is 1. The minimum atomic E-state index is -3.81. The molecule has 98 valence electrons. The largest absolute Gasteiger partial charge is 0.352 e. The second kappa shape index (κ2) is 5.21. The molecule has 18 heavy (non-hydrogen) atoms. The number of rotatable bonds is 5. The second-order valence-electron chi connectivity index (χ2n) is 3.97. The first-order valence-electron chi connectivity index (χ1n) is 5.37. The minimum Gasteiger partial charge on any atom is -0.352 e. The van der Waals surface area contributed by atoms with Crippen molar-refractivity contribution in [2.45, 2.75) is 23.8 Å². The number of sulfonamides is 1. The predicted octanol–water partition coefficient (Wildman–Crippen LogP) is 0.292. The zero-order chi connectivity index (χ0) is 13.2. The summed E-state index contributed by atoms with van der Waals surface area (Å²) in [6.07, 6.45) is 4.43. The zero-order valence-electron chi connectivity index (χ0n) is 9.39. The van der Waals surface area contributed by atoms with Crippen molar-refractivity contribution in [3.8, 4) is 0 Å². The summed E-state index contributed by atoms with van der Waals surface area (Å²) < 4.78 is 25.9. The van der Waals surface area contributed by atoms with Crippen LogP contribution in [0.2, 0.25) is 5.02 Å². The summed E-state index contributed by atoms with van der Waals surface area (Å²) in [6, 6.07) is 1.57. The van der Waals surface area contributed by atoms with Crippen molar-refractivity contribution in [1.82, 2.24) is 15.0 Å². The Bertz CT molecular complexity index is 557. The Kier molecular flexibility index (Phi) is 3.84. The van der Waals surface area contributed by atoms with Gasteiger partial charge in [0.25, 0.3) is 0 Å². The number of carbonyl (C=O) groups excluding carboxylic acids is 1. The lowest BCUT2D eigenvalue weighted by Crippen LogP contribution is -2.37. The van der Waals surface area contributed by atoms with Gasteiger partial charge >= 0.3 is 0 Å². The van der Waals surface area contributed by atoms with Crippen molar-refractivity contribution in [3.05, 3.63) is 23.5 Å². The molecule has 0 aromatic carbocycles. The van der Waals surface area contributed by atoms with Gasteiger partial charge in [0.05, 0.1) is 11.6 Å². The standard InChI is InChI=1S/C10H12ClN3O3S/c11-8-3-4-12-5-9(8)18(16,17)13-6-10(15)14-7-1-2-7/h3-5,7,13H,1-2,6H2,(H,14,15). The van der Waals surface area contributed by atoms with E-state index in [9.17, 15) is 13.2 Å². The first-order chi connectivity index (χ1) is 8.49. The molecule has 0 unspecified atom stereocenters. The number of aromatic nitrogens is 1. The first kappa shape index (κ1) is 13.3. The van der Waals surface area contributed by atoms with Gasteiger partial charge in [-0.1, -0.05) is 11.6 Å². The highest BCUT2D eigenvalue weighted by Gasteiger charge is 2.24. The molecule has 2 N–H and O–H groups in total. The quantitative estimate of drug-likeness (QED) is 0.815. The van der Waals surface area contributed by atoms with E-state index in [4.69, 9.17) is 11.6 Å². The Morgan fingerprint density at radius 1 is 1.50 bits per heavy atom. The summed E-state index contributed by atoms with van der Waals surface area (Å²) in [5.74, 6) is -0.346. The summed E-state index contributed by atoms with van der Waals surface area (Å²) in [7, 11) is -3.81. The molecule has 1 amide bonds. The van der Waals surface area contributed by atoms with Crippen molar-refractivity contribution >= 4 is 27.5 Å². The predicted molar refractivity (Wildman–Crippen MR) is 65.6 cm³/mol. The number of hydrogen-bond acceptors (Lipinski definition) is 4. The summed E-state index contributed by atoms with van der Waals surface area (Å²) in [5, 5.41) is 2.75. The highest BCUT2D eigenvalue weighted by molar-refractivity contribution is 7.89. The van der Waals surface area contributed by atoms with Crippen LogP contribution in [-0.4, -0.2) is 31.9 Å². The number of halogens is 1. The molecule has 0 saturated heterocycles. The Morgan fingerprint density at radius 3 is 2.83 bits per heavy atom. The van der Waals surface area contributed by atoms with Crippen molar-refractivity contribution in [2.24, 2.45) is 0 Å². The van der Waals surface area contributed by atoms with E-state index in [0.717, 1.165) is 19.0 Å². The molecule has 1 saturated carbocycles. The van der Waals surface area contributed by atoms with Crippen molar-refractivity contribution in [2.75, 3.05) is 6.54 Å². The average molecular weight is 290 g/mol. The van der Waals surface area contributed by atoms with Gasteiger partial charge in [-0.25, -0.2) is 13.1 Å². The van der Waals surface area contributed by atoms with E-state index in [2.05, 4.69) is 15.0 Å². The molecule has 0 aliphatic heterocycles. The van der Waals surface area contributed by atoms with Crippen LogP contribution in [-0.2, 0) is 14.8 Å². The van der Waals surface area contributed by atoms with Gasteiger partial charge in [0, 0.05) is 18.4 Å². The normalized spacial score (nSPS) is 15.4. The van der Waals surface area contributed by atoms with Gasteiger partial charge in [0.2, 0.25) is 15.9 Å². The maximum atomic E-state index is 11.8. The number of nitrogens with zero attached hydrogens (tertiary/aromatic N) is 1. The van der Waals surface area contributed by atoms with Crippen LogP contribution < -0.4 is 10.0 Å². The Balaban J connectivity index is 1.98. The lowest BCUT2D eigenvalue weighted by atomic mass is 10.5. The van der Waals surface area contributed by atoms with E-state index < -0.39 is 10.0 Å². The average Bonchev–Trinajstić information content (AvgIpc) is 3.11. The molecule has 1 aromatic heterocycles. The third kappa shape index (κ3) is 3.41. The Hall–Kier alpha value is -1.18. The summed E-state index contributed by atoms with van der Waals surface area (Å²) >= 11 is 5.76. The molecule has 0 bridgehead atoms. The van der Waals surface area contributed by atoms with E-state index in [1.807, 2.05) is 0 Å². The van der Waals surface area contributed by atoms with E-state index in [1.54, 1.807) is 0 Å². The van der Waals surface area contributed by atoms with E-state index in [1.165, 1.54) is 12.3 Å². The maximum absolute atomic E-state index is 11.8. The summed E-state index contributed by atoms with van der Waals surface area (Å²) in [4.78, 5) is 14.9. The Morgan fingerprint density at radius 2 is 2.22 bits per heavy atom. The van der Waals surface area contributed by atoms with Crippen molar-refractivity contribution in [1.29, 1.82) is 0 Å². The van der Waals surface area contributed by atoms with Crippen LogP contribution in [0.3, 0.4) is 0 Å². The number of hydrogen-bond donors (Lipinski definition) is 2. The van der Waals surface area contributed by atoms with E-state index in [0.29, 0.717) is 0 Å². The first-order valence-corrected chi connectivity index (χ1v) is 7.24. The smallest absolute Gasteiger partial charge is 0.244 e. The van der Waals surface area contributed by atoms with Gasteiger partial charge in [-0.15, -0.1) is 0 Å². The monoisotopic (exact) mass is 289 g/mol. The molecule has 0 spiro atoms. The van der Waals surface area contributed by atoms with Gasteiger partial charge in [-0.3, -0.25) is 9.78 Å². The lowest BCUT2D eigenvalue weighted by molar-refractivity contribution is -0.120. The van der Waals surface area contributed by atoms with Gasteiger partial charge in [-0.2, -0.15) is 0 Å². The zero-order valence-corrected chi connectivity index (χ0v) is 11.0. The van der Waals surface area contributed by atoms with Crippen LogP contribution in [0.25, 0.3) is 0 Å². The Labute approximate surface area is 110 Å². The highest BCUT2D eigenvalue weighted by Crippen LogP contribution is 2.19. The number of amides is 1. The third-order valence-corrected chi connectivity index (χ3v) is 4.26. The number of nitrogens with one attached hydrogen (secondary N) is 2. The van der Waals surface area contributed by atoms with Crippen molar-refractivity contribution < 1.29 is 13.2 Å². The van der Waals surface area contributed by atoms with Crippen LogP contribution >= 0.6 is 11.6 Å². The maximum Gasteiger partial charge on any atom is 0.244 e. The van der Waals surface area contributed by atoms with Crippen LogP contribution in [0.5, 0.6) is 0 Å². The second-order valence-corrected chi connectivity index (χ2v) is 6.12. The molecule has 1 heterocycles. The minimum absolute atomic E-state index is 0.0695. The molecule has 1 aliphatic rings. The van der Waals surface area contributed by atoms with E-state index in [-0.39, 0.29) is 28.4 Å². The molecule has 1 fully saturated rings. The van der Waals surface area contributed by atoms with Gasteiger partial charge in [0.15, 0.2) is 0 Å². The molecule has 0 atom stereocenters. The molecule has 2 rings (SSSR count).